The SMILES string of the molecule is NC(=O)C1CN(N2CCC(c3nnc(C4CC(OC(F)(F)F)C4)o3)CC2)c2cc(Cl)ccc2O1. The number of fused-ring (bicyclic) bond motifs is 1. The minimum atomic E-state index is -4.63. The predicted molar refractivity (Wildman–Crippen MR) is 113 cm³/mol. The van der Waals surface area contributed by atoms with Gasteiger partial charge in [-0.2, -0.15) is 0 Å². The van der Waals surface area contributed by atoms with E-state index in [1.165, 1.54) is 0 Å². The molecule has 3 aliphatic rings. The maximum atomic E-state index is 12.3. The van der Waals surface area contributed by atoms with Gasteiger partial charge in [-0.25, -0.2) is 5.01 Å². The van der Waals surface area contributed by atoms with Crippen molar-refractivity contribution < 1.29 is 31.9 Å². The number of benzene rings is 1. The van der Waals surface area contributed by atoms with E-state index in [-0.39, 0.29) is 31.2 Å². The zero-order chi connectivity index (χ0) is 24.0. The number of primary amides is 1. The van der Waals surface area contributed by atoms with Crippen LogP contribution in [0.25, 0.3) is 0 Å². The maximum absolute atomic E-state index is 12.3. The molecule has 0 spiro atoms. The average Bonchev–Trinajstić information content (AvgIpc) is 3.24. The molecule has 2 N–H and O–H groups in total. The summed E-state index contributed by atoms with van der Waals surface area (Å²) in [4.78, 5) is 11.8. The summed E-state index contributed by atoms with van der Waals surface area (Å²) in [6.07, 6.45) is -4.41. The van der Waals surface area contributed by atoms with Gasteiger partial charge in [-0.3, -0.25) is 14.5 Å². The smallest absolute Gasteiger partial charge is 0.476 e. The van der Waals surface area contributed by atoms with Crippen molar-refractivity contribution in [2.24, 2.45) is 5.73 Å². The van der Waals surface area contributed by atoms with Crippen LogP contribution in [0.2, 0.25) is 5.02 Å². The standard InChI is InChI=1S/C21H23ClF3N5O4/c22-13-1-2-16-15(9-13)30(10-17(32-16)18(26)31)29-5-3-11(4-6-29)19-27-28-20(33-19)12-7-14(8-12)34-21(23,24)25/h1-2,9,11-12,14,17H,3-8,10H2,(H2,26,31). The second-order valence-corrected chi connectivity index (χ2v) is 9.20. The van der Waals surface area contributed by atoms with Crippen molar-refractivity contribution in [2.75, 3.05) is 24.6 Å². The molecule has 1 atom stereocenters. The van der Waals surface area contributed by atoms with Crippen LogP contribution in [0.4, 0.5) is 18.9 Å². The van der Waals surface area contributed by atoms with Crippen LogP contribution >= 0.6 is 11.6 Å². The lowest BCUT2D eigenvalue weighted by Crippen LogP contribution is -2.55. The van der Waals surface area contributed by atoms with E-state index >= 15 is 0 Å². The van der Waals surface area contributed by atoms with Crippen LogP contribution in [0.3, 0.4) is 0 Å². The number of ether oxygens (including phenoxy) is 2. The highest BCUT2D eigenvalue weighted by Crippen LogP contribution is 2.42. The van der Waals surface area contributed by atoms with Crippen LogP contribution in [0.15, 0.2) is 22.6 Å². The number of nitrogens with zero attached hydrogens (tertiary/aromatic N) is 4. The molecule has 2 aromatic rings. The summed E-state index contributed by atoms with van der Waals surface area (Å²) < 4.78 is 52.5. The van der Waals surface area contributed by atoms with Gasteiger partial charge in [0.05, 0.1) is 18.3 Å². The average molecular weight is 502 g/mol. The number of amides is 1. The van der Waals surface area contributed by atoms with E-state index in [2.05, 4.69) is 19.9 Å². The predicted octanol–water partition coefficient (Wildman–Crippen LogP) is 3.35. The molecule has 9 nitrogen and oxygen atoms in total. The number of halogens is 4. The summed E-state index contributed by atoms with van der Waals surface area (Å²) in [5, 5.41) is 12.9. The Hall–Kier alpha value is -2.57. The van der Waals surface area contributed by atoms with Crippen LogP contribution in [0.5, 0.6) is 5.75 Å². The van der Waals surface area contributed by atoms with E-state index in [4.69, 9.17) is 26.5 Å². The fraction of sp³-hybridized carbons (Fsp3) is 0.571. The first-order chi connectivity index (χ1) is 16.2. The van der Waals surface area contributed by atoms with Gasteiger partial charge in [0.25, 0.3) is 5.91 Å². The van der Waals surface area contributed by atoms with Crippen molar-refractivity contribution in [1.82, 2.24) is 15.2 Å². The maximum Gasteiger partial charge on any atom is 0.522 e. The fourth-order valence-electron chi connectivity index (χ4n) is 4.64. The number of anilines is 1. The second-order valence-electron chi connectivity index (χ2n) is 8.76. The van der Waals surface area contributed by atoms with Gasteiger partial charge < -0.3 is 14.9 Å². The number of nitrogens with two attached hydrogens (primary N) is 1. The molecule has 1 aliphatic carbocycles. The van der Waals surface area contributed by atoms with E-state index in [9.17, 15) is 18.0 Å². The molecule has 13 heteroatoms. The highest BCUT2D eigenvalue weighted by molar-refractivity contribution is 6.31. The van der Waals surface area contributed by atoms with Crippen molar-refractivity contribution in [2.45, 2.75) is 56.1 Å². The third-order valence-corrected chi connectivity index (χ3v) is 6.72. The summed E-state index contributed by atoms with van der Waals surface area (Å²) in [5.41, 5.74) is 6.27. The molecule has 1 amide bonds. The van der Waals surface area contributed by atoms with Crippen molar-refractivity contribution in [3.63, 3.8) is 0 Å². The van der Waals surface area contributed by atoms with Crippen molar-refractivity contribution in [3.05, 3.63) is 35.0 Å². The van der Waals surface area contributed by atoms with Crippen molar-refractivity contribution >= 4 is 23.2 Å². The molecule has 5 rings (SSSR count). The first-order valence-corrected chi connectivity index (χ1v) is 11.4. The number of rotatable bonds is 5. The fourth-order valence-corrected chi connectivity index (χ4v) is 4.80. The van der Waals surface area contributed by atoms with Gasteiger partial charge in [-0.15, -0.1) is 23.4 Å². The Labute approximate surface area is 197 Å². The van der Waals surface area contributed by atoms with Crippen molar-refractivity contribution in [1.29, 1.82) is 0 Å². The number of hydrazine groups is 1. The molecule has 1 saturated heterocycles. The normalized spacial score (nSPS) is 26.0. The molecule has 1 unspecified atom stereocenters. The largest absolute Gasteiger partial charge is 0.522 e. The Morgan fingerprint density at radius 2 is 1.82 bits per heavy atom. The van der Waals surface area contributed by atoms with E-state index in [1.807, 2.05) is 5.01 Å². The van der Waals surface area contributed by atoms with Crippen LogP contribution in [-0.2, 0) is 9.53 Å². The van der Waals surface area contributed by atoms with Crippen molar-refractivity contribution in [3.8, 4) is 5.75 Å². The molecule has 1 saturated carbocycles. The number of piperidine rings is 1. The lowest BCUT2D eigenvalue weighted by molar-refractivity contribution is -0.352. The summed E-state index contributed by atoms with van der Waals surface area (Å²) in [6.45, 7) is 1.59. The number of carbonyl (C=O) groups excluding carboxylic acids is 1. The van der Waals surface area contributed by atoms with Gasteiger partial charge in [-0.05, 0) is 43.9 Å². The number of carbonyl (C=O) groups is 1. The molecule has 2 aliphatic heterocycles. The van der Waals surface area contributed by atoms with Crippen LogP contribution in [0.1, 0.15) is 49.3 Å². The molecule has 0 radical (unpaired) electrons. The zero-order valence-electron chi connectivity index (χ0n) is 18.0. The van der Waals surface area contributed by atoms with Crippen LogP contribution in [0, 0.1) is 0 Å². The Bertz CT molecular complexity index is 1050. The Morgan fingerprint density at radius 1 is 1.15 bits per heavy atom. The van der Waals surface area contributed by atoms with Gasteiger partial charge in [0, 0.05) is 29.9 Å². The van der Waals surface area contributed by atoms with E-state index in [0.717, 1.165) is 18.5 Å². The quantitative estimate of drug-likeness (QED) is 0.664. The Morgan fingerprint density at radius 3 is 2.47 bits per heavy atom. The highest BCUT2D eigenvalue weighted by atomic mass is 35.5. The van der Waals surface area contributed by atoms with E-state index in [0.29, 0.717) is 35.6 Å². The molecular weight excluding hydrogens is 479 g/mol. The minimum Gasteiger partial charge on any atom is -0.476 e. The molecule has 184 valence electrons. The lowest BCUT2D eigenvalue weighted by Gasteiger charge is -2.44. The number of alkyl halides is 3. The molecule has 0 bridgehead atoms. The number of aromatic nitrogens is 2. The Kier molecular flexibility index (Phi) is 6.07. The molecule has 2 fully saturated rings. The summed E-state index contributed by atoms with van der Waals surface area (Å²) >= 11 is 6.18. The summed E-state index contributed by atoms with van der Waals surface area (Å²) in [7, 11) is 0. The Balaban J connectivity index is 1.21. The topological polar surface area (TPSA) is 107 Å². The van der Waals surface area contributed by atoms with E-state index < -0.39 is 24.5 Å². The van der Waals surface area contributed by atoms with Gasteiger partial charge in [0.15, 0.2) is 6.10 Å². The van der Waals surface area contributed by atoms with Gasteiger partial charge in [0.1, 0.15) is 5.75 Å². The molecular formula is C21H23ClF3N5O4. The van der Waals surface area contributed by atoms with Gasteiger partial charge in [-0.1, -0.05) is 11.6 Å². The zero-order valence-corrected chi connectivity index (χ0v) is 18.8. The molecule has 34 heavy (non-hydrogen) atoms. The van der Waals surface area contributed by atoms with Gasteiger partial charge >= 0.3 is 6.36 Å². The minimum absolute atomic E-state index is 0.0339. The highest BCUT2D eigenvalue weighted by Gasteiger charge is 2.43. The van der Waals surface area contributed by atoms with E-state index in [1.54, 1.807) is 18.2 Å². The molecule has 1 aromatic carbocycles. The molecule has 1 aromatic heterocycles. The first-order valence-electron chi connectivity index (χ1n) is 11.0. The third kappa shape index (κ3) is 4.80. The summed E-state index contributed by atoms with van der Waals surface area (Å²) in [6, 6.07) is 5.21. The van der Waals surface area contributed by atoms with Crippen LogP contribution in [-0.4, -0.2) is 59.3 Å². The number of hydrogen-bond donors (Lipinski definition) is 1. The van der Waals surface area contributed by atoms with Gasteiger partial charge in [0.2, 0.25) is 11.8 Å². The number of hydrogen-bond acceptors (Lipinski definition) is 8. The first kappa shape index (κ1) is 23.2. The molecule has 3 heterocycles. The third-order valence-electron chi connectivity index (χ3n) is 6.49. The van der Waals surface area contributed by atoms with Crippen LogP contribution < -0.4 is 15.5 Å². The lowest BCUT2D eigenvalue weighted by atomic mass is 9.82. The monoisotopic (exact) mass is 501 g/mol. The summed E-state index contributed by atoms with van der Waals surface area (Å²) in [5.74, 6) is 0.672. The second kappa shape index (κ2) is 8.90.